The zero-order chi connectivity index (χ0) is 42.9. The zero-order valence-corrected chi connectivity index (χ0v) is 35.5. The van der Waals surface area contributed by atoms with Crippen LogP contribution in [0.4, 0.5) is 34.1 Å². The molecular formula is C62H46N2. The topological polar surface area (TPSA) is 6.48 Å². The molecule has 0 aliphatic heterocycles. The van der Waals surface area contributed by atoms with Crippen LogP contribution in [0.25, 0.3) is 57.3 Å². The Morgan fingerprint density at radius 2 is 0.531 bits per heavy atom. The number of rotatable bonds is 12. The fraction of sp³-hybridized carbons (Fsp3) is 0. The Labute approximate surface area is 376 Å². The molecule has 0 unspecified atom stereocenters. The van der Waals surface area contributed by atoms with Crippen LogP contribution in [0.15, 0.2) is 255 Å². The van der Waals surface area contributed by atoms with Crippen LogP contribution in [0.5, 0.6) is 0 Å². The van der Waals surface area contributed by atoms with Crippen LogP contribution >= 0.6 is 0 Å². The van der Waals surface area contributed by atoms with Crippen molar-refractivity contribution in [2.75, 3.05) is 9.80 Å². The van der Waals surface area contributed by atoms with E-state index in [2.05, 4.69) is 289 Å². The van der Waals surface area contributed by atoms with Gasteiger partial charge in [0.1, 0.15) is 0 Å². The van der Waals surface area contributed by atoms with Crippen LogP contribution in [0, 0.1) is 0 Å². The van der Waals surface area contributed by atoms with Crippen molar-refractivity contribution in [3.05, 3.63) is 277 Å². The number of anilines is 6. The third kappa shape index (κ3) is 8.81. The van der Waals surface area contributed by atoms with Gasteiger partial charge in [0.25, 0.3) is 0 Å². The second kappa shape index (κ2) is 18.7. The Hall–Kier alpha value is -8.46. The molecule has 10 aromatic rings. The number of benzene rings is 10. The van der Waals surface area contributed by atoms with Crippen LogP contribution in [0.2, 0.25) is 0 Å². The van der Waals surface area contributed by atoms with Crippen molar-refractivity contribution in [2.24, 2.45) is 0 Å². The summed E-state index contributed by atoms with van der Waals surface area (Å²) in [6.45, 7) is 0. The Morgan fingerprint density at radius 1 is 0.219 bits per heavy atom. The smallest absolute Gasteiger partial charge is 0.0467 e. The maximum Gasteiger partial charge on any atom is 0.0467 e. The second-order valence-corrected chi connectivity index (χ2v) is 15.8. The Balaban J connectivity index is 0.887. The first-order chi connectivity index (χ1) is 31.7. The molecule has 0 bridgehead atoms. The molecule has 10 aromatic carbocycles. The van der Waals surface area contributed by atoms with Crippen LogP contribution < -0.4 is 9.80 Å². The van der Waals surface area contributed by atoms with Gasteiger partial charge in [0.2, 0.25) is 0 Å². The molecule has 0 aromatic heterocycles. The highest BCUT2D eigenvalue weighted by atomic mass is 15.1. The minimum Gasteiger partial charge on any atom is -0.310 e. The van der Waals surface area contributed by atoms with E-state index in [1.54, 1.807) is 0 Å². The molecule has 64 heavy (non-hydrogen) atoms. The maximum absolute atomic E-state index is 2.32. The average Bonchev–Trinajstić information content (AvgIpc) is 3.37. The van der Waals surface area contributed by atoms with Gasteiger partial charge in [-0.3, -0.25) is 0 Å². The molecule has 10 rings (SSSR count). The molecule has 2 nitrogen and oxygen atoms in total. The molecule has 0 radical (unpaired) electrons. The molecule has 304 valence electrons. The number of hydrogen-bond acceptors (Lipinski definition) is 2. The fourth-order valence-electron chi connectivity index (χ4n) is 8.44. The summed E-state index contributed by atoms with van der Waals surface area (Å²) in [5.74, 6) is 0. The minimum atomic E-state index is 1.10. The van der Waals surface area contributed by atoms with E-state index < -0.39 is 0 Å². The minimum absolute atomic E-state index is 1.10. The van der Waals surface area contributed by atoms with E-state index in [0.717, 1.165) is 45.3 Å². The van der Waals surface area contributed by atoms with E-state index in [9.17, 15) is 0 Å². The third-order valence-corrected chi connectivity index (χ3v) is 11.7. The monoisotopic (exact) mass is 818 g/mol. The van der Waals surface area contributed by atoms with Crippen molar-refractivity contribution in [1.29, 1.82) is 0 Å². The SMILES string of the molecule is C(=Cc1ccc(/C=C/c2ccc(N(c3ccccc3)c3cccc(-c4ccccc4)c3)cc2)c2ccccc12)c1ccc(N(c2ccccc2)c2cccc(-c3ccccc3)c2)cc1. The molecule has 0 fully saturated rings. The van der Waals surface area contributed by atoms with Crippen molar-refractivity contribution >= 4 is 69.2 Å². The molecule has 0 saturated heterocycles. The van der Waals surface area contributed by atoms with Gasteiger partial charge < -0.3 is 9.80 Å². The second-order valence-electron chi connectivity index (χ2n) is 15.8. The van der Waals surface area contributed by atoms with E-state index >= 15 is 0 Å². The lowest BCUT2D eigenvalue weighted by atomic mass is 9.98. The Bertz CT molecular complexity index is 2960. The summed E-state index contributed by atoms with van der Waals surface area (Å²) in [4.78, 5) is 4.64. The molecule has 0 saturated carbocycles. The van der Waals surface area contributed by atoms with Crippen LogP contribution in [0.3, 0.4) is 0 Å². The van der Waals surface area contributed by atoms with Gasteiger partial charge in [0, 0.05) is 34.1 Å². The average molecular weight is 819 g/mol. The van der Waals surface area contributed by atoms with E-state index in [1.165, 1.54) is 44.2 Å². The molecule has 0 aliphatic carbocycles. The van der Waals surface area contributed by atoms with E-state index in [-0.39, 0.29) is 0 Å². The number of nitrogens with zero attached hydrogens (tertiary/aromatic N) is 2. The molecule has 0 heterocycles. The molecule has 0 spiro atoms. The number of fused-ring (bicyclic) bond motifs is 1. The fourth-order valence-corrected chi connectivity index (χ4v) is 8.44. The van der Waals surface area contributed by atoms with Crippen molar-refractivity contribution in [1.82, 2.24) is 0 Å². The lowest BCUT2D eigenvalue weighted by Gasteiger charge is -2.26. The van der Waals surface area contributed by atoms with E-state index in [1.807, 2.05) is 0 Å². The summed E-state index contributed by atoms with van der Waals surface area (Å²) in [5.41, 5.74) is 16.1. The lowest BCUT2D eigenvalue weighted by Crippen LogP contribution is -2.09. The highest BCUT2D eigenvalue weighted by Crippen LogP contribution is 2.38. The standard InChI is InChI=1S/C62H46N2/c1-5-17-49(18-6-1)53-21-15-27-59(45-53)63(55-23-9-3-10-24-55)57-41-33-47(34-42-57)31-37-51-39-40-52(62-30-14-13-29-61(51)62)38-32-48-35-43-58(44-36-48)64(56-25-11-4-12-26-56)60-28-16-22-54(46-60)50-19-7-2-8-20-50/h1-46H/b37-31+,38-32?. The maximum atomic E-state index is 2.32. The predicted octanol–water partition coefficient (Wildman–Crippen LogP) is 17.5. The van der Waals surface area contributed by atoms with Crippen molar-refractivity contribution in [2.45, 2.75) is 0 Å². The number of hydrogen-bond donors (Lipinski definition) is 0. The highest BCUT2D eigenvalue weighted by molar-refractivity contribution is 5.99. The summed E-state index contributed by atoms with van der Waals surface area (Å²) in [7, 11) is 0. The van der Waals surface area contributed by atoms with Crippen molar-refractivity contribution in [3.63, 3.8) is 0 Å². The molecule has 0 N–H and O–H groups in total. The summed E-state index contributed by atoms with van der Waals surface area (Å²) in [6, 6.07) is 90.6. The molecule has 0 amide bonds. The first-order valence-electron chi connectivity index (χ1n) is 21.8. The zero-order valence-electron chi connectivity index (χ0n) is 35.5. The predicted molar refractivity (Wildman–Crippen MR) is 275 cm³/mol. The van der Waals surface area contributed by atoms with Gasteiger partial charge in [0.05, 0.1) is 0 Å². The largest absolute Gasteiger partial charge is 0.310 e. The Kier molecular flexibility index (Phi) is 11.6. The normalized spacial score (nSPS) is 11.3. The van der Waals surface area contributed by atoms with Gasteiger partial charge in [-0.15, -0.1) is 0 Å². The highest BCUT2D eigenvalue weighted by Gasteiger charge is 2.15. The Morgan fingerprint density at radius 3 is 0.922 bits per heavy atom. The van der Waals surface area contributed by atoms with Gasteiger partial charge in [-0.1, -0.05) is 206 Å². The summed E-state index contributed by atoms with van der Waals surface area (Å²) in [6.07, 6.45) is 8.89. The number of para-hydroxylation sites is 2. The van der Waals surface area contributed by atoms with E-state index in [0.29, 0.717) is 0 Å². The van der Waals surface area contributed by atoms with Gasteiger partial charge in [-0.25, -0.2) is 0 Å². The summed E-state index contributed by atoms with van der Waals surface area (Å²) < 4.78 is 0. The van der Waals surface area contributed by atoms with Gasteiger partial charge in [-0.2, -0.15) is 0 Å². The summed E-state index contributed by atoms with van der Waals surface area (Å²) in [5, 5.41) is 2.44. The molecule has 0 atom stereocenters. The van der Waals surface area contributed by atoms with Gasteiger partial charge in [-0.05, 0) is 128 Å². The van der Waals surface area contributed by atoms with Crippen molar-refractivity contribution in [3.8, 4) is 22.3 Å². The van der Waals surface area contributed by atoms with Crippen LogP contribution in [-0.2, 0) is 0 Å². The van der Waals surface area contributed by atoms with Crippen LogP contribution in [0.1, 0.15) is 22.3 Å². The quantitative estimate of drug-likeness (QED) is 0.113. The molecule has 2 heteroatoms. The van der Waals surface area contributed by atoms with Gasteiger partial charge >= 0.3 is 0 Å². The van der Waals surface area contributed by atoms with Gasteiger partial charge in [0.15, 0.2) is 0 Å². The molecule has 0 aliphatic rings. The first-order valence-corrected chi connectivity index (χ1v) is 21.8. The first kappa shape index (κ1) is 39.7. The summed E-state index contributed by atoms with van der Waals surface area (Å²) >= 11 is 0. The molecular weight excluding hydrogens is 773 g/mol. The lowest BCUT2D eigenvalue weighted by molar-refractivity contribution is 1.28. The van der Waals surface area contributed by atoms with E-state index in [4.69, 9.17) is 0 Å². The third-order valence-electron chi connectivity index (χ3n) is 11.7. The van der Waals surface area contributed by atoms with Crippen molar-refractivity contribution < 1.29 is 0 Å². The van der Waals surface area contributed by atoms with Crippen LogP contribution in [-0.4, -0.2) is 0 Å².